The van der Waals surface area contributed by atoms with Crippen molar-refractivity contribution in [2.45, 2.75) is 56.8 Å². The Hall–Kier alpha value is -1.47. The molecule has 0 unspecified atom stereocenters. The maximum absolute atomic E-state index is 12.0. The number of hydrogen-bond donors (Lipinski definition) is 1. The van der Waals surface area contributed by atoms with Gasteiger partial charge in [-0.15, -0.1) is 0 Å². The zero-order chi connectivity index (χ0) is 16.4. The van der Waals surface area contributed by atoms with E-state index in [1.807, 2.05) is 0 Å². The van der Waals surface area contributed by atoms with Gasteiger partial charge in [-0.3, -0.25) is 10.1 Å². The molecule has 0 fully saturated rings. The molecule has 22 heavy (non-hydrogen) atoms. The Kier molecular flexibility index (Phi) is 8.05. The highest BCUT2D eigenvalue weighted by Gasteiger charge is 2.14. The molecule has 124 valence electrons. The lowest BCUT2D eigenvalue weighted by molar-refractivity contribution is -0.384. The first kappa shape index (κ1) is 18.6. The largest absolute Gasteiger partial charge is 0.269 e. The molecule has 1 aromatic carbocycles. The summed E-state index contributed by atoms with van der Waals surface area (Å²) in [6.07, 6.45) is 7.85. The first-order valence-electron chi connectivity index (χ1n) is 7.71. The van der Waals surface area contributed by atoms with Crippen molar-refractivity contribution in [1.29, 1.82) is 0 Å². The monoisotopic (exact) mass is 328 g/mol. The van der Waals surface area contributed by atoms with E-state index >= 15 is 0 Å². The number of rotatable bonds is 11. The van der Waals surface area contributed by atoms with E-state index in [4.69, 9.17) is 0 Å². The lowest BCUT2D eigenvalue weighted by Crippen LogP contribution is -2.24. The summed E-state index contributed by atoms with van der Waals surface area (Å²) in [7, 11) is -3.58. The Bertz CT molecular complexity index is 555. The van der Waals surface area contributed by atoms with Gasteiger partial charge in [0.05, 0.1) is 9.82 Å². The molecule has 0 aliphatic heterocycles. The van der Waals surface area contributed by atoms with Gasteiger partial charge in [0.1, 0.15) is 0 Å². The Morgan fingerprint density at radius 3 is 2.09 bits per heavy atom. The Balaban J connectivity index is 2.33. The van der Waals surface area contributed by atoms with Crippen molar-refractivity contribution in [2.24, 2.45) is 0 Å². The lowest BCUT2D eigenvalue weighted by Gasteiger charge is -2.06. The highest BCUT2D eigenvalue weighted by atomic mass is 32.2. The van der Waals surface area contributed by atoms with Crippen LogP contribution in [0, 0.1) is 10.1 Å². The minimum absolute atomic E-state index is 0.0565. The summed E-state index contributed by atoms with van der Waals surface area (Å²) in [4.78, 5) is 10.0. The van der Waals surface area contributed by atoms with Gasteiger partial charge in [-0.1, -0.05) is 45.4 Å². The second kappa shape index (κ2) is 9.53. The third kappa shape index (κ3) is 6.53. The maximum Gasteiger partial charge on any atom is 0.269 e. The van der Waals surface area contributed by atoms with Gasteiger partial charge in [-0.2, -0.15) is 0 Å². The second-order valence-electron chi connectivity index (χ2n) is 5.27. The highest BCUT2D eigenvalue weighted by Crippen LogP contribution is 2.15. The van der Waals surface area contributed by atoms with Crippen molar-refractivity contribution >= 4 is 15.7 Å². The average Bonchev–Trinajstić information content (AvgIpc) is 2.50. The van der Waals surface area contributed by atoms with Crippen LogP contribution in [0.5, 0.6) is 0 Å². The van der Waals surface area contributed by atoms with Gasteiger partial charge in [0.2, 0.25) is 10.0 Å². The number of nitrogens with one attached hydrogen (secondary N) is 1. The van der Waals surface area contributed by atoms with Crippen LogP contribution in [-0.2, 0) is 10.0 Å². The van der Waals surface area contributed by atoms with E-state index in [9.17, 15) is 18.5 Å². The number of nitro benzene ring substituents is 1. The number of non-ortho nitro benzene ring substituents is 1. The molecule has 0 bridgehead atoms. The molecular weight excluding hydrogens is 304 g/mol. The number of benzene rings is 1. The molecular formula is C15H24N2O4S. The molecule has 0 saturated carbocycles. The highest BCUT2D eigenvalue weighted by molar-refractivity contribution is 7.89. The summed E-state index contributed by atoms with van der Waals surface area (Å²) in [5.74, 6) is 0. The minimum atomic E-state index is -3.58. The molecule has 0 aromatic heterocycles. The molecule has 0 heterocycles. The van der Waals surface area contributed by atoms with Crippen molar-refractivity contribution < 1.29 is 13.3 Å². The zero-order valence-corrected chi connectivity index (χ0v) is 13.8. The quantitative estimate of drug-likeness (QED) is 0.381. The molecule has 1 rings (SSSR count). The van der Waals surface area contributed by atoms with E-state index in [1.165, 1.54) is 49.9 Å². The van der Waals surface area contributed by atoms with E-state index in [1.54, 1.807) is 0 Å². The molecule has 0 aliphatic carbocycles. The van der Waals surface area contributed by atoms with E-state index in [2.05, 4.69) is 11.6 Å². The fourth-order valence-corrected chi connectivity index (χ4v) is 3.19. The Labute approximate surface area is 132 Å². The Morgan fingerprint density at radius 1 is 1.00 bits per heavy atom. The van der Waals surface area contributed by atoms with E-state index in [0.29, 0.717) is 6.54 Å². The van der Waals surface area contributed by atoms with Gasteiger partial charge >= 0.3 is 0 Å². The van der Waals surface area contributed by atoms with E-state index in [0.717, 1.165) is 19.3 Å². The van der Waals surface area contributed by atoms with Crippen LogP contribution in [0.25, 0.3) is 0 Å². The normalized spacial score (nSPS) is 11.5. The van der Waals surface area contributed by atoms with Crippen LogP contribution in [0.4, 0.5) is 5.69 Å². The first-order chi connectivity index (χ1) is 10.5. The summed E-state index contributed by atoms with van der Waals surface area (Å²) < 4.78 is 26.5. The molecule has 0 aliphatic rings. The van der Waals surface area contributed by atoms with Gasteiger partial charge in [0.15, 0.2) is 0 Å². The number of nitro groups is 1. The van der Waals surface area contributed by atoms with Gasteiger partial charge in [0.25, 0.3) is 5.69 Å². The van der Waals surface area contributed by atoms with Crippen LogP contribution < -0.4 is 4.72 Å². The number of hydrogen-bond acceptors (Lipinski definition) is 4. The summed E-state index contributed by atoms with van der Waals surface area (Å²) in [5, 5.41) is 10.5. The lowest BCUT2D eigenvalue weighted by atomic mass is 10.1. The summed E-state index contributed by atoms with van der Waals surface area (Å²) in [6.45, 7) is 2.57. The van der Waals surface area contributed by atoms with Gasteiger partial charge in [0, 0.05) is 18.7 Å². The van der Waals surface area contributed by atoms with Crippen LogP contribution in [-0.4, -0.2) is 19.9 Å². The number of sulfonamides is 1. The standard InChI is InChI=1S/C15H24N2O4S/c1-2-3-4-5-6-7-8-13-16-22(20,21)15-11-9-14(10-12-15)17(18)19/h9-12,16H,2-8,13H2,1H3. The van der Waals surface area contributed by atoms with Crippen LogP contribution in [0.2, 0.25) is 0 Å². The predicted molar refractivity (Wildman–Crippen MR) is 86.3 cm³/mol. The topological polar surface area (TPSA) is 89.3 Å². The number of nitrogens with zero attached hydrogens (tertiary/aromatic N) is 1. The second-order valence-corrected chi connectivity index (χ2v) is 7.04. The smallest absolute Gasteiger partial charge is 0.258 e. The Morgan fingerprint density at radius 2 is 1.55 bits per heavy atom. The number of unbranched alkanes of at least 4 members (excludes halogenated alkanes) is 6. The molecule has 1 aromatic rings. The average molecular weight is 328 g/mol. The fraction of sp³-hybridized carbons (Fsp3) is 0.600. The van der Waals surface area contributed by atoms with Crippen molar-refractivity contribution in [3.63, 3.8) is 0 Å². The maximum atomic E-state index is 12.0. The summed E-state index contributed by atoms with van der Waals surface area (Å²) in [5.41, 5.74) is -0.119. The molecule has 0 amide bonds. The van der Waals surface area contributed by atoms with Gasteiger partial charge in [-0.05, 0) is 18.6 Å². The molecule has 0 radical (unpaired) electrons. The van der Waals surface area contributed by atoms with Gasteiger partial charge in [-0.25, -0.2) is 13.1 Å². The molecule has 0 spiro atoms. The first-order valence-corrected chi connectivity index (χ1v) is 9.20. The molecule has 6 nitrogen and oxygen atoms in total. The molecule has 0 saturated heterocycles. The molecule has 7 heteroatoms. The molecule has 1 N–H and O–H groups in total. The van der Waals surface area contributed by atoms with Crippen molar-refractivity contribution in [3.8, 4) is 0 Å². The van der Waals surface area contributed by atoms with E-state index in [-0.39, 0.29) is 10.6 Å². The van der Waals surface area contributed by atoms with Gasteiger partial charge < -0.3 is 0 Å². The van der Waals surface area contributed by atoms with Crippen LogP contribution in [0.1, 0.15) is 51.9 Å². The molecule has 0 atom stereocenters. The SMILES string of the molecule is CCCCCCCCCNS(=O)(=O)c1ccc([N+](=O)[O-])cc1. The van der Waals surface area contributed by atoms with Crippen molar-refractivity contribution in [1.82, 2.24) is 4.72 Å². The third-order valence-corrected chi connectivity index (χ3v) is 4.91. The fourth-order valence-electron chi connectivity index (χ4n) is 2.12. The zero-order valence-electron chi connectivity index (χ0n) is 13.0. The predicted octanol–water partition coefficient (Wildman–Crippen LogP) is 3.62. The minimum Gasteiger partial charge on any atom is -0.258 e. The van der Waals surface area contributed by atoms with E-state index < -0.39 is 14.9 Å². The van der Waals surface area contributed by atoms with Crippen LogP contribution in [0.3, 0.4) is 0 Å². The van der Waals surface area contributed by atoms with Crippen LogP contribution in [0.15, 0.2) is 29.2 Å². The van der Waals surface area contributed by atoms with Crippen LogP contribution >= 0.6 is 0 Å². The van der Waals surface area contributed by atoms with Crippen molar-refractivity contribution in [3.05, 3.63) is 34.4 Å². The third-order valence-electron chi connectivity index (χ3n) is 3.43. The summed E-state index contributed by atoms with van der Waals surface area (Å²) >= 11 is 0. The van der Waals surface area contributed by atoms with Crippen molar-refractivity contribution in [2.75, 3.05) is 6.54 Å². The summed E-state index contributed by atoms with van der Waals surface area (Å²) in [6, 6.07) is 4.90.